The van der Waals surface area contributed by atoms with Crippen molar-refractivity contribution in [2.24, 2.45) is 0 Å². The summed E-state index contributed by atoms with van der Waals surface area (Å²) in [6.07, 6.45) is 2.10. The zero-order valence-corrected chi connectivity index (χ0v) is 10.3. The number of hydrogen-bond donors (Lipinski definition) is 1. The van der Waals surface area contributed by atoms with Crippen LogP contribution in [-0.4, -0.2) is 34.5 Å². The molecule has 88 valence electrons. The lowest BCUT2D eigenvalue weighted by atomic mass is 10.1. The van der Waals surface area contributed by atoms with E-state index in [0.717, 1.165) is 36.3 Å². The molecule has 1 atom stereocenters. The standard InChI is InChI=1S/C11H16ClN3O/c1-7-8(2)11(14-13-10(7)12)15-5-3-4-9(15)6-16/h9,16H,3-6H2,1-2H3. The molecule has 1 aliphatic heterocycles. The second kappa shape index (κ2) is 4.55. The van der Waals surface area contributed by atoms with Gasteiger partial charge in [0.15, 0.2) is 11.0 Å². The number of anilines is 1. The Bertz CT molecular complexity index is 397. The Morgan fingerprint density at radius 1 is 1.38 bits per heavy atom. The Kier molecular flexibility index (Phi) is 3.30. The van der Waals surface area contributed by atoms with Crippen molar-refractivity contribution in [3.63, 3.8) is 0 Å². The number of aliphatic hydroxyl groups is 1. The lowest BCUT2D eigenvalue weighted by Gasteiger charge is -2.25. The Morgan fingerprint density at radius 3 is 2.81 bits per heavy atom. The molecule has 1 aromatic heterocycles. The van der Waals surface area contributed by atoms with Crippen molar-refractivity contribution >= 4 is 17.4 Å². The van der Waals surface area contributed by atoms with Crippen LogP contribution >= 0.6 is 11.6 Å². The highest BCUT2D eigenvalue weighted by molar-refractivity contribution is 6.30. The average molecular weight is 242 g/mol. The summed E-state index contributed by atoms with van der Waals surface area (Å²) >= 11 is 5.92. The normalized spacial score (nSPS) is 20.5. The number of nitrogens with zero attached hydrogens (tertiary/aromatic N) is 3. The largest absolute Gasteiger partial charge is 0.394 e. The minimum absolute atomic E-state index is 0.169. The second-order valence-electron chi connectivity index (χ2n) is 4.24. The van der Waals surface area contributed by atoms with E-state index in [4.69, 9.17) is 11.6 Å². The molecule has 1 aromatic rings. The maximum atomic E-state index is 9.30. The minimum Gasteiger partial charge on any atom is -0.394 e. The fraction of sp³-hybridized carbons (Fsp3) is 0.636. The Morgan fingerprint density at radius 2 is 2.12 bits per heavy atom. The van der Waals surface area contributed by atoms with E-state index in [9.17, 15) is 5.11 Å². The van der Waals surface area contributed by atoms with Crippen LogP contribution in [0.1, 0.15) is 24.0 Å². The van der Waals surface area contributed by atoms with E-state index in [-0.39, 0.29) is 12.6 Å². The molecule has 0 aromatic carbocycles. The van der Waals surface area contributed by atoms with Gasteiger partial charge in [-0.3, -0.25) is 0 Å². The third kappa shape index (κ3) is 1.87. The van der Waals surface area contributed by atoms with Gasteiger partial charge in [-0.25, -0.2) is 0 Å². The summed E-state index contributed by atoms with van der Waals surface area (Å²) in [5.74, 6) is 0.860. The van der Waals surface area contributed by atoms with Gasteiger partial charge >= 0.3 is 0 Å². The number of aromatic nitrogens is 2. The topological polar surface area (TPSA) is 49.2 Å². The van der Waals surface area contributed by atoms with Gasteiger partial charge in [-0.05, 0) is 37.8 Å². The van der Waals surface area contributed by atoms with Gasteiger partial charge < -0.3 is 10.0 Å². The first kappa shape index (κ1) is 11.6. The highest BCUT2D eigenvalue weighted by Crippen LogP contribution is 2.29. The van der Waals surface area contributed by atoms with Crippen LogP contribution in [0.2, 0.25) is 5.15 Å². The number of hydrogen-bond acceptors (Lipinski definition) is 4. The SMILES string of the molecule is Cc1c(Cl)nnc(N2CCCC2CO)c1C. The molecule has 0 amide bonds. The van der Waals surface area contributed by atoms with Crippen LogP contribution in [0.5, 0.6) is 0 Å². The molecule has 0 saturated carbocycles. The minimum atomic E-state index is 0.169. The lowest BCUT2D eigenvalue weighted by molar-refractivity contribution is 0.266. The summed E-state index contributed by atoms with van der Waals surface area (Å²) in [7, 11) is 0. The predicted octanol–water partition coefficient (Wildman–Crippen LogP) is 1.71. The molecule has 0 aliphatic carbocycles. The molecule has 1 saturated heterocycles. The van der Waals surface area contributed by atoms with Gasteiger partial charge in [0.25, 0.3) is 0 Å². The monoisotopic (exact) mass is 241 g/mol. The Labute approximate surface area is 100 Å². The second-order valence-corrected chi connectivity index (χ2v) is 4.59. The van der Waals surface area contributed by atoms with E-state index in [2.05, 4.69) is 15.1 Å². The highest BCUT2D eigenvalue weighted by atomic mass is 35.5. The molecule has 2 heterocycles. The van der Waals surface area contributed by atoms with Crippen molar-refractivity contribution < 1.29 is 5.11 Å². The quantitative estimate of drug-likeness (QED) is 0.857. The van der Waals surface area contributed by atoms with Gasteiger partial charge in [0, 0.05) is 6.54 Å². The van der Waals surface area contributed by atoms with Crippen molar-refractivity contribution in [3.05, 3.63) is 16.3 Å². The first-order valence-electron chi connectivity index (χ1n) is 5.52. The van der Waals surface area contributed by atoms with Gasteiger partial charge in [0.1, 0.15) is 0 Å². The maximum absolute atomic E-state index is 9.30. The average Bonchev–Trinajstić information content (AvgIpc) is 2.74. The van der Waals surface area contributed by atoms with Crippen LogP contribution in [0.15, 0.2) is 0 Å². The molecule has 0 spiro atoms. The third-order valence-corrected chi connectivity index (χ3v) is 3.66. The van der Waals surface area contributed by atoms with E-state index >= 15 is 0 Å². The molecule has 16 heavy (non-hydrogen) atoms. The van der Waals surface area contributed by atoms with Crippen LogP contribution in [-0.2, 0) is 0 Å². The van der Waals surface area contributed by atoms with E-state index in [1.165, 1.54) is 0 Å². The van der Waals surface area contributed by atoms with Crippen LogP contribution in [0.3, 0.4) is 0 Å². The first-order valence-corrected chi connectivity index (χ1v) is 5.89. The third-order valence-electron chi connectivity index (χ3n) is 3.30. The Hall–Kier alpha value is -0.870. The van der Waals surface area contributed by atoms with Gasteiger partial charge in [-0.15, -0.1) is 10.2 Å². The van der Waals surface area contributed by atoms with E-state index in [0.29, 0.717) is 5.15 Å². The van der Waals surface area contributed by atoms with Crippen molar-refractivity contribution in [1.29, 1.82) is 0 Å². The smallest absolute Gasteiger partial charge is 0.155 e. The van der Waals surface area contributed by atoms with E-state index < -0.39 is 0 Å². The molecular weight excluding hydrogens is 226 g/mol. The maximum Gasteiger partial charge on any atom is 0.155 e. The molecule has 0 radical (unpaired) electrons. The molecule has 4 nitrogen and oxygen atoms in total. The summed E-state index contributed by atoms with van der Waals surface area (Å²) in [6.45, 7) is 5.04. The molecule has 0 bridgehead atoms. The molecule has 5 heteroatoms. The van der Waals surface area contributed by atoms with E-state index in [1.54, 1.807) is 0 Å². The fourth-order valence-electron chi connectivity index (χ4n) is 2.14. The van der Waals surface area contributed by atoms with Gasteiger partial charge in [-0.2, -0.15) is 0 Å². The van der Waals surface area contributed by atoms with Gasteiger partial charge in [0.05, 0.1) is 12.6 Å². The van der Waals surface area contributed by atoms with Gasteiger partial charge in [-0.1, -0.05) is 11.6 Å². The zero-order valence-electron chi connectivity index (χ0n) is 9.57. The number of rotatable bonds is 2. The zero-order chi connectivity index (χ0) is 11.7. The molecule has 1 N–H and O–H groups in total. The highest BCUT2D eigenvalue weighted by Gasteiger charge is 2.27. The van der Waals surface area contributed by atoms with Crippen LogP contribution < -0.4 is 4.90 Å². The van der Waals surface area contributed by atoms with Gasteiger partial charge in [0.2, 0.25) is 0 Å². The van der Waals surface area contributed by atoms with Crippen LogP contribution in [0.25, 0.3) is 0 Å². The summed E-state index contributed by atoms with van der Waals surface area (Å²) in [6, 6.07) is 0.175. The summed E-state index contributed by atoms with van der Waals surface area (Å²) in [5, 5.41) is 17.9. The lowest BCUT2D eigenvalue weighted by Crippen LogP contribution is -2.33. The molecule has 2 rings (SSSR count). The molecule has 1 unspecified atom stereocenters. The van der Waals surface area contributed by atoms with Crippen molar-refractivity contribution in [1.82, 2.24) is 10.2 Å². The molecule has 1 aliphatic rings. The predicted molar refractivity (Wildman–Crippen MR) is 64.0 cm³/mol. The van der Waals surface area contributed by atoms with Crippen molar-refractivity contribution in [3.8, 4) is 0 Å². The molecular formula is C11H16ClN3O. The Balaban J connectivity index is 2.37. The van der Waals surface area contributed by atoms with Crippen molar-refractivity contribution in [2.75, 3.05) is 18.1 Å². The van der Waals surface area contributed by atoms with Crippen molar-refractivity contribution in [2.45, 2.75) is 32.7 Å². The number of halogens is 1. The summed E-state index contributed by atoms with van der Waals surface area (Å²) in [5.41, 5.74) is 2.02. The fourth-order valence-corrected chi connectivity index (χ4v) is 2.32. The van der Waals surface area contributed by atoms with Crippen LogP contribution in [0.4, 0.5) is 5.82 Å². The first-order chi connectivity index (χ1) is 7.65. The summed E-state index contributed by atoms with van der Waals surface area (Å²) < 4.78 is 0. The molecule has 1 fully saturated rings. The number of aliphatic hydroxyl groups excluding tert-OH is 1. The summed E-state index contributed by atoms with van der Waals surface area (Å²) in [4.78, 5) is 2.13. The van der Waals surface area contributed by atoms with Crippen LogP contribution in [0, 0.1) is 13.8 Å². The van der Waals surface area contributed by atoms with E-state index in [1.807, 2.05) is 13.8 Å².